The summed E-state index contributed by atoms with van der Waals surface area (Å²) in [6.07, 6.45) is 2.94. The minimum Gasteiger partial charge on any atom is -0.485 e. The predicted octanol–water partition coefficient (Wildman–Crippen LogP) is 2.77. The Bertz CT molecular complexity index is 517. The lowest BCUT2D eigenvalue weighted by atomic mass is 9.78. The largest absolute Gasteiger partial charge is 0.485 e. The van der Waals surface area contributed by atoms with Crippen LogP contribution in [0.15, 0.2) is 24.3 Å². The first-order valence-electron chi connectivity index (χ1n) is 7.84. The van der Waals surface area contributed by atoms with Crippen LogP contribution in [0.25, 0.3) is 0 Å². The van der Waals surface area contributed by atoms with Gasteiger partial charge in [0, 0.05) is 6.04 Å². The van der Waals surface area contributed by atoms with Gasteiger partial charge >= 0.3 is 0 Å². The van der Waals surface area contributed by atoms with Crippen LogP contribution >= 0.6 is 0 Å². The van der Waals surface area contributed by atoms with E-state index in [0.29, 0.717) is 23.3 Å². The van der Waals surface area contributed by atoms with Gasteiger partial charge in [0.25, 0.3) is 5.91 Å². The summed E-state index contributed by atoms with van der Waals surface area (Å²) >= 11 is 0. The molecule has 0 bridgehead atoms. The van der Waals surface area contributed by atoms with Gasteiger partial charge in [-0.3, -0.25) is 4.79 Å². The standard InChI is InChI=1S/C17H23NO3/c1-11-6-5-7-13(12(11)2)18-17(19)16-10-20-14-8-3-4-9-15(14)21-16/h3-4,8-9,11-13,16H,5-7,10H2,1-2H3,(H,18,19)/t11-,12+,13+,16+/m1/s1. The van der Waals surface area contributed by atoms with Gasteiger partial charge < -0.3 is 14.8 Å². The number of nitrogens with one attached hydrogen (secondary N) is 1. The molecule has 4 atom stereocenters. The van der Waals surface area contributed by atoms with E-state index in [-0.39, 0.29) is 18.6 Å². The molecule has 0 radical (unpaired) electrons. The molecule has 21 heavy (non-hydrogen) atoms. The highest BCUT2D eigenvalue weighted by Gasteiger charge is 2.32. The van der Waals surface area contributed by atoms with Crippen LogP contribution in [0, 0.1) is 11.8 Å². The Morgan fingerprint density at radius 1 is 1.19 bits per heavy atom. The summed E-state index contributed by atoms with van der Waals surface area (Å²) in [5.41, 5.74) is 0. The van der Waals surface area contributed by atoms with E-state index in [1.165, 1.54) is 12.8 Å². The van der Waals surface area contributed by atoms with E-state index in [1.807, 2.05) is 24.3 Å². The summed E-state index contributed by atoms with van der Waals surface area (Å²) in [6, 6.07) is 7.72. The van der Waals surface area contributed by atoms with Crippen LogP contribution in [0.1, 0.15) is 33.1 Å². The van der Waals surface area contributed by atoms with E-state index in [2.05, 4.69) is 19.2 Å². The Morgan fingerprint density at radius 3 is 2.76 bits per heavy atom. The average molecular weight is 289 g/mol. The van der Waals surface area contributed by atoms with Crippen molar-refractivity contribution in [1.82, 2.24) is 5.32 Å². The number of hydrogen-bond donors (Lipinski definition) is 1. The van der Waals surface area contributed by atoms with E-state index in [9.17, 15) is 4.79 Å². The third kappa shape index (κ3) is 2.99. The highest BCUT2D eigenvalue weighted by molar-refractivity contribution is 5.82. The summed E-state index contributed by atoms with van der Waals surface area (Å²) in [7, 11) is 0. The van der Waals surface area contributed by atoms with Crippen molar-refractivity contribution in [3.05, 3.63) is 24.3 Å². The monoisotopic (exact) mass is 289 g/mol. The molecule has 1 aromatic carbocycles. The van der Waals surface area contributed by atoms with Crippen molar-refractivity contribution < 1.29 is 14.3 Å². The molecule has 0 saturated heterocycles. The van der Waals surface area contributed by atoms with Crippen molar-refractivity contribution in [1.29, 1.82) is 0 Å². The number of benzene rings is 1. The fourth-order valence-corrected chi connectivity index (χ4v) is 3.21. The molecular weight excluding hydrogens is 266 g/mol. The number of carbonyl (C=O) groups excluding carboxylic acids is 1. The molecule has 0 spiro atoms. The van der Waals surface area contributed by atoms with Crippen molar-refractivity contribution in [2.75, 3.05) is 6.61 Å². The van der Waals surface area contributed by atoms with Gasteiger partial charge in [0.1, 0.15) is 6.61 Å². The zero-order chi connectivity index (χ0) is 14.8. The van der Waals surface area contributed by atoms with E-state index in [4.69, 9.17) is 9.47 Å². The summed E-state index contributed by atoms with van der Waals surface area (Å²) in [5.74, 6) is 2.47. The van der Waals surface area contributed by atoms with Crippen LogP contribution in [0.3, 0.4) is 0 Å². The van der Waals surface area contributed by atoms with Crippen LogP contribution in [0.4, 0.5) is 0 Å². The fourth-order valence-electron chi connectivity index (χ4n) is 3.21. The molecule has 0 unspecified atom stereocenters. The second-order valence-corrected chi connectivity index (χ2v) is 6.25. The number of para-hydroxylation sites is 2. The van der Waals surface area contributed by atoms with Crippen LogP contribution in [0.5, 0.6) is 11.5 Å². The van der Waals surface area contributed by atoms with Crippen molar-refractivity contribution in [3.63, 3.8) is 0 Å². The van der Waals surface area contributed by atoms with Gasteiger partial charge in [0.05, 0.1) is 0 Å². The first kappa shape index (κ1) is 14.2. The third-order valence-electron chi connectivity index (χ3n) is 4.84. The maximum atomic E-state index is 12.4. The van der Waals surface area contributed by atoms with Gasteiger partial charge in [-0.15, -0.1) is 0 Å². The van der Waals surface area contributed by atoms with Gasteiger partial charge in [0.15, 0.2) is 11.5 Å². The van der Waals surface area contributed by atoms with Gasteiger partial charge in [-0.25, -0.2) is 0 Å². The Balaban J connectivity index is 1.62. The lowest BCUT2D eigenvalue weighted by Crippen LogP contribution is -2.51. The molecule has 0 aromatic heterocycles. The molecule has 1 N–H and O–H groups in total. The lowest BCUT2D eigenvalue weighted by Gasteiger charge is -2.35. The normalized spacial score (nSPS) is 31.5. The Kier molecular flexibility index (Phi) is 4.04. The third-order valence-corrected chi connectivity index (χ3v) is 4.84. The van der Waals surface area contributed by atoms with Crippen molar-refractivity contribution in [3.8, 4) is 11.5 Å². The van der Waals surface area contributed by atoms with Crippen LogP contribution in [-0.4, -0.2) is 24.7 Å². The van der Waals surface area contributed by atoms with Crippen LogP contribution in [-0.2, 0) is 4.79 Å². The Hall–Kier alpha value is -1.71. The van der Waals surface area contributed by atoms with Crippen molar-refractivity contribution in [2.45, 2.75) is 45.3 Å². The van der Waals surface area contributed by atoms with Crippen molar-refractivity contribution >= 4 is 5.91 Å². The number of rotatable bonds is 2. The second-order valence-electron chi connectivity index (χ2n) is 6.25. The maximum Gasteiger partial charge on any atom is 0.264 e. The number of ether oxygens (including phenoxy) is 2. The Morgan fingerprint density at radius 2 is 1.95 bits per heavy atom. The molecule has 1 saturated carbocycles. The molecule has 1 amide bonds. The SMILES string of the molecule is C[C@H]1[C@H](C)CCC[C@@H]1NC(=O)[C@@H]1COc2ccccc2O1. The van der Waals surface area contributed by atoms with E-state index in [1.54, 1.807) is 0 Å². The number of fused-ring (bicyclic) bond motifs is 1. The number of hydrogen-bond acceptors (Lipinski definition) is 3. The quantitative estimate of drug-likeness (QED) is 0.910. The minimum absolute atomic E-state index is 0.0598. The molecule has 1 aliphatic heterocycles. The fraction of sp³-hybridized carbons (Fsp3) is 0.588. The van der Waals surface area contributed by atoms with Crippen molar-refractivity contribution in [2.24, 2.45) is 11.8 Å². The Labute approximate surface area is 125 Å². The minimum atomic E-state index is -0.552. The van der Waals surface area contributed by atoms with Gasteiger partial charge in [0.2, 0.25) is 6.10 Å². The highest BCUT2D eigenvalue weighted by Crippen LogP contribution is 2.32. The molecule has 114 valence electrons. The summed E-state index contributed by atoms with van der Waals surface area (Å²) in [6.45, 7) is 4.77. The molecule has 1 heterocycles. The van der Waals surface area contributed by atoms with E-state index in [0.717, 1.165) is 6.42 Å². The van der Waals surface area contributed by atoms with Gasteiger partial charge in [-0.1, -0.05) is 38.8 Å². The van der Waals surface area contributed by atoms with Gasteiger partial charge in [-0.2, -0.15) is 0 Å². The first-order valence-corrected chi connectivity index (χ1v) is 7.84. The molecule has 2 aliphatic rings. The molecule has 1 aromatic rings. The zero-order valence-electron chi connectivity index (χ0n) is 12.7. The molecule has 1 fully saturated rings. The molecule has 4 heteroatoms. The molecule has 1 aliphatic carbocycles. The molecule has 4 nitrogen and oxygen atoms in total. The lowest BCUT2D eigenvalue weighted by molar-refractivity contribution is -0.131. The highest BCUT2D eigenvalue weighted by atomic mass is 16.6. The molecule has 3 rings (SSSR count). The summed E-state index contributed by atoms with van der Waals surface area (Å²) in [4.78, 5) is 12.4. The molecular formula is C17H23NO3. The topological polar surface area (TPSA) is 47.6 Å². The van der Waals surface area contributed by atoms with Crippen LogP contribution in [0.2, 0.25) is 0 Å². The smallest absolute Gasteiger partial charge is 0.264 e. The van der Waals surface area contributed by atoms with E-state index >= 15 is 0 Å². The number of carbonyl (C=O) groups is 1. The average Bonchev–Trinajstić information content (AvgIpc) is 2.51. The van der Waals surface area contributed by atoms with E-state index < -0.39 is 6.10 Å². The maximum absolute atomic E-state index is 12.4. The predicted molar refractivity (Wildman–Crippen MR) is 80.5 cm³/mol. The summed E-state index contributed by atoms with van der Waals surface area (Å²) < 4.78 is 11.4. The summed E-state index contributed by atoms with van der Waals surface area (Å²) in [5, 5.41) is 3.16. The first-order chi connectivity index (χ1) is 10.1. The second kappa shape index (κ2) is 5.96. The van der Waals surface area contributed by atoms with Crippen LogP contribution < -0.4 is 14.8 Å². The number of amides is 1. The zero-order valence-corrected chi connectivity index (χ0v) is 12.7. The van der Waals surface area contributed by atoms with Gasteiger partial charge in [-0.05, 0) is 30.4 Å².